The van der Waals surface area contributed by atoms with Crippen LogP contribution in [-0.2, 0) is 0 Å². The number of ketones is 1. The molecule has 0 radical (unpaired) electrons. The van der Waals surface area contributed by atoms with Crippen molar-refractivity contribution < 1.29 is 9.21 Å². The second-order valence-electron chi connectivity index (χ2n) is 5.12. The molecule has 0 bridgehead atoms. The number of rotatable bonds is 2. The summed E-state index contributed by atoms with van der Waals surface area (Å²) in [6.45, 7) is 3.74. The fourth-order valence-corrected chi connectivity index (χ4v) is 2.37. The zero-order valence-corrected chi connectivity index (χ0v) is 11.8. The lowest BCUT2D eigenvalue weighted by atomic mass is 9.99. The van der Waals surface area contributed by atoms with Gasteiger partial charge in [-0.2, -0.15) is 0 Å². The molecule has 3 aromatic rings. The molecule has 0 fully saturated rings. The molecule has 21 heavy (non-hydrogen) atoms. The molecular weight excluding hydrogens is 264 g/mol. The van der Waals surface area contributed by atoms with Gasteiger partial charge in [0.2, 0.25) is 5.43 Å². The van der Waals surface area contributed by atoms with Crippen LogP contribution in [-0.4, -0.2) is 5.78 Å². The fraction of sp³-hybridized carbons (Fsp3) is 0.111. The van der Waals surface area contributed by atoms with Crippen LogP contribution in [0.1, 0.15) is 27.0 Å². The van der Waals surface area contributed by atoms with Crippen LogP contribution in [0.3, 0.4) is 0 Å². The number of hydrogen-bond acceptors (Lipinski definition) is 3. The van der Waals surface area contributed by atoms with E-state index in [1.165, 1.54) is 6.26 Å². The van der Waals surface area contributed by atoms with E-state index in [4.69, 9.17) is 4.42 Å². The number of carbonyl (C=O) groups excluding carboxylic acids is 1. The molecule has 1 aromatic heterocycles. The van der Waals surface area contributed by atoms with Gasteiger partial charge < -0.3 is 4.42 Å². The summed E-state index contributed by atoms with van der Waals surface area (Å²) >= 11 is 0. The molecule has 104 valence electrons. The van der Waals surface area contributed by atoms with E-state index in [1.54, 1.807) is 24.3 Å². The Kier molecular flexibility index (Phi) is 3.18. The lowest BCUT2D eigenvalue weighted by Crippen LogP contribution is -2.16. The van der Waals surface area contributed by atoms with E-state index in [9.17, 15) is 9.59 Å². The monoisotopic (exact) mass is 278 g/mol. The van der Waals surface area contributed by atoms with Crippen LogP contribution in [0.5, 0.6) is 0 Å². The zero-order valence-electron chi connectivity index (χ0n) is 11.8. The van der Waals surface area contributed by atoms with Crippen molar-refractivity contribution in [1.82, 2.24) is 0 Å². The standard InChI is InChI=1S/C18H14O3/c1-11-7-8-16-14(9-11)18(20)15(10-21-16)17(19)13-6-4-3-5-12(13)2/h3-10H,1-2H3. The van der Waals surface area contributed by atoms with E-state index in [-0.39, 0.29) is 16.8 Å². The second kappa shape index (κ2) is 5.02. The van der Waals surface area contributed by atoms with Crippen molar-refractivity contribution >= 4 is 16.8 Å². The molecule has 2 aromatic carbocycles. The highest BCUT2D eigenvalue weighted by atomic mass is 16.3. The maximum absolute atomic E-state index is 12.6. The van der Waals surface area contributed by atoms with E-state index in [0.717, 1.165) is 11.1 Å². The fourth-order valence-electron chi connectivity index (χ4n) is 2.37. The van der Waals surface area contributed by atoms with Crippen molar-refractivity contribution in [3.8, 4) is 0 Å². The van der Waals surface area contributed by atoms with Gasteiger partial charge in [-0.3, -0.25) is 9.59 Å². The average molecular weight is 278 g/mol. The highest BCUT2D eigenvalue weighted by molar-refractivity contribution is 6.10. The van der Waals surface area contributed by atoms with Gasteiger partial charge in [0.1, 0.15) is 17.4 Å². The van der Waals surface area contributed by atoms with Gasteiger partial charge in [-0.05, 0) is 31.5 Å². The molecular formula is C18H14O3. The molecule has 0 N–H and O–H groups in total. The number of aryl methyl sites for hydroxylation is 2. The Hall–Kier alpha value is -2.68. The summed E-state index contributed by atoms with van der Waals surface area (Å²) in [5.74, 6) is -0.301. The molecule has 0 aliphatic rings. The van der Waals surface area contributed by atoms with Gasteiger partial charge in [-0.15, -0.1) is 0 Å². The van der Waals surface area contributed by atoms with Crippen LogP contribution in [0.15, 0.2) is 57.9 Å². The predicted octanol–water partition coefficient (Wildman–Crippen LogP) is 3.64. The van der Waals surface area contributed by atoms with Crippen molar-refractivity contribution in [1.29, 1.82) is 0 Å². The molecule has 0 spiro atoms. The molecule has 3 rings (SSSR count). The maximum atomic E-state index is 12.6. The zero-order chi connectivity index (χ0) is 15.0. The van der Waals surface area contributed by atoms with Gasteiger partial charge in [-0.1, -0.05) is 35.9 Å². The molecule has 3 heteroatoms. The molecule has 0 aliphatic carbocycles. The molecule has 0 saturated heterocycles. The van der Waals surface area contributed by atoms with E-state index in [2.05, 4.69) is 0 Å². The summed E-state index contributed by atoms with van der Waals surface area (Å²) in [5, 5.41) is 0.439. The highest BCUT2D eigenvalue weighted by Gasteiger charge is 2.17. The third kappa shape index (κ3) is 2.27. The summed E-state index contributed by atoms with van der Waals surface area (Å²) in [4.78, 5) is 25.1. The first kappa shape index (κ1) is 13.3. The number of benzene rings is 2. The lowest BCUT2D eigenvalue weighted by molar-refractivity contribution is 0.103. The van der Waals surface area contributed by atoms with Crippen molar-refractivity contribution in [3.05, 3.63) is 81.2 Å². The summed E-state index contributed by atoms with van der Waals surface area (Å²) in [7, 11) is 0. The quantitative estimate of drug-likeness (QED) is 0.672. The van der Waals surface area contributed by atoms with Gasteiger partial charge >= 0.3 is 0 Å². The first-order valence-electron chi connectivity index (χ1n) is 6.70. The molecule has 1 heterocycles. The largest absolute Gasteiger partial charge is 0.463 e. The van der Waals surface area contributed by atoms with Crippen molar-refractivity contribution in [2.24, 2.45) is 0 Å². The van der Waals surface area contributed by atoms with Gasteiger partial charge in [-0.25, -0.2) is 0 Å². The Bertz CT molecular complexity index is 904. The second-order valence-corrected chi connectivity index (χ2v) is 5.12. The van der Waals surface area contributed by atoms with Crippen LogP contribution in [0.25, 0.3) is 11.0 Å². The van der Waals surface area contributed by atoms with Crippen molar-refractivity contribution in [3.63, 3.8) is 0 Å². The van der Waals surface area contributed by atoms with E-state index in [1.807, 2.05) is 32.0 Å². The highest BCUT2D eigenvalue weighted by Crippen LogP contribution is 2.16. The van der Waals surface area contributed by atoms with Crippen LogP contribution in [0.2, 0.25) is 0 Å². The SMILES string of the molecule is Cc1ccc2occ(C(=O)c3ccccc3C)c(=O)c2c1. The van der Waals surface area contributed by atoms with E-state index in [0.29, 0.717) is 16.5 Å². The smallest absolute Gasteiger partial charge is 0.203 e. The summed E-state index contributed by atoms with van der Waals surface area (Å²) in [5.41, 5.74) is 2.60. The third-order valence-corrected chi connectivity index (χ3v) is 3.56. The average Bonchev–Trinajstić information content (AvgIpc) is 2.48. The third-order valence-electron chi connectivity index (χ3n) is 3.56. The van der Waals surface area contributed by atoms with Crippen LogP contribution in [0, 0.1) is 13.8 Å². The maximum Gasteiger partial charge on any atom is 0.203 e. The Morgan fingerprint density at radius 2 is 1.76 bits per heavy atom. The van der Waals surface area contributed by atoms with Gasteiger partial charge in [0.05, 0.1) is 5.39 Å². The molecule has 3 nitrogen and oxygen atoms in total. The van der Waals surface area contributed by atoms with Crippen LogP contribution < -0.4 is 5.43 Å². The van der Waals surface area contributed by atoms with Crippen molar-refractivity contribution in [2.45, 2.75) is 13.8 Å². The Labute approximate surface area is 121 Å². The van der Waals surface area contributed by atoms with E-state index >= 15 is 0 Å². The lowest BCUT2D eigenvalue weighted by Gasteiger charge is -2.05. The van der Waals surface area contributed by atoms with Crippen molar-refractivity contribution in [2.75, 3.05) is 0 Å². The summed E-state index contributed by atoms with van der Waals surface area (Å²) < 4.78 is 5.44. The van der Waals surface area contributed by atoms with Gasteiger partial charge in [0.15, 0.2) is 5.78 Å². The Morgan fingerprint density at radius 1 is 1.00 bits per heavy atom. The van der Waals surface area contributed by atoms with Gasteiger partial charge in [0, 0.05) is 5.56 Å². The summed E-state index contributed by atoms with van der Waals surface area (Å²) in [6, 6.07) is 12.6. The first-order chi connectivity index (χ1) is 10.1. The number of hydrogen-bond donors (Lipinski definition) is 0. The summed E-state index contributed by atoms with van der Waals surface area (Å²) in [6.07, 6.45) is 1.26. The first-order valence-corrected chi connectivity index (χ1v) is 6.70. The van der Waals surface area contributed by atoms with Gasteiger partial charge in [0.25, 0.3) is 0 Å². The van der Waals surface area contributed by atoms with E-state index < -0.39 is 0 Å². The molecule has 0 aliphatic heterocycles. The van der Waals surface area contributed by atoms with Crippen LogP contribution in [0.4, 0.5) is 0 Å². The normalized spacial score (nSPS) is 10.8. The molecule has 0 saturated carbocycles. The molecule has 0 atom stereocenters. The predicted molar refractivity (Wildman–Crippen MR) is 81.8 cm³/mol. The Morgan fingerprint density at radius 3 is 2.52 bits per heavy atom. The van der Waals surface area contributed by atoms with Crippen LogP contribution >= 0.6 is 0 Å². The number of fused-ring (bicyclic) bond motifs is 1. The minimum absolute atomic E-state index is 0.0717. The molecule has 0 unspecified atom stereocenters. The topological polar surface area (TPSA) is 47.3 Å². The minimum Gasteiger partial charge on any atom is -0.463 e. The number of carbonyl (C=O) groups is 1. The Balaban J connectivity index is 2.22. The minimum atomic E-state index is -0.301. The molecule has 0 amide bonds.